The summed E-state index contributed by atoms with van der Waals surface area (Å²) in [6.45, 7) is 12.4. The lowest BCUT2D eigenvalue weighted by atomic mass is 9.67. The molecule has 2 aliphatic heterocycles. The van der Waals surface area contributed by atoms with Crippen molar-refractivity contribution in [2.45, 2.75) is 70.4 Å². The van der Waals surface area contributed by atoms with Crippen LogP contribution >= 0.6 is 0 Å². The minimum absolute atomic E-state index is 0.0190. The molecular weight excluding hydrogens is 281 g/mol. The van der Waals surface area contributed by atoms with Crippen molar-refractivity contribution in [3.63, 3.8) is 0 Å². The predicted molar refractivity (Wildman–Crippen MR) is 84.7 cm³/mol. The molecule has 0 aromatic rings. The van der Waals surface area contributed by atoms with Gasteiger partial charge in [0.05, 0.1) is 17.8 Å². The summed E-state index contributed by atoms with van der Waals surface area (Å²) >= 11 is 0. The largest absolute Gasteiger partial charge is 0.466 e. The maximum absolute atomic E-state index is 12.1. The van der Waals surface area contributed by atoms with Crippen LogP contribution in [0.3, 0.4) is 0 Å². The van der Waals surface area contributed by atoms with Crippen LogP contribution in [0, 0.1) is 5.92 Å². The summed E-state index contributed by atoms with van der Waals surface area (Å²) in [5.74, 6) is 0.487. The summed E-state index contributed by atoms with van der Waals surface area (Å²) in [5.41, 5.74) is -0.622. The van der Waals surface area contributed by atoms with Gasteiger partial charge in [0.15, 0.2) is 0 Å². The highest BCUT2D eigenvalue weighted by atomic mass is 16.7. The van der Waals surface area contributed by atoms with Crippen LogP contribution < -0.4 is 0 Å². The van der Waals surface area contributed by atoms with Gasteiger partial charge in [-0.2, -0.15) is 0 Å². The van der Waals surface area contributed by atoms with Crippen molar-refractivity contribution >= 4 is 13.2 Å². The molecule has 3 fully saturated rings. The Labute approximate surface area is 133 Å². The Bertz CT molecular complexity index is 451. The van der Waals surface area contributed by atoms with Gasteiger partial charge in [-0.25, -0.2) is 4.79 Å². The van der Waals surface area contributed by atoms with Crippen molar-refractivity contribution in [3.8, 4) is 0 Å². The summed E-state index contributed by atoms with van der Waals surface area (Å²) in [7, 11) is -0.212. The molecule has 5 nitrogen and oxygen atoms in total. The Morgan fingerprint density at radius 3 is 2.50 bits per heavy atom. The molecule has 0 aromatic carbocycles. The molecular formula is C16H28BNO4. The number of fused-ring (bicyclic) bond motifs is 1. The minimum Gasteiger partial charge on any atom is -0.449 e. The molecule has 2 heterocycles. The van der Waals surface area contributed by atoms with Gasteiger partial charge in [-0.05, 0) is 46.5 Å². The van der Waals surface area contributed by atoms with E-state index in [9.17, 15) is 4.79 Å². The summed E-state index contributed by atoms with van der Waals surface area (Å²) in [6, 6.07) is 0. The summed E-state index contributed by atoms with van der Waals surface area (Å²) in [6.07, 6.45) is 2.86. The molecule has 1 saturated carbocycles. The van der Waals surface area contributed by atoms with Crippen molar-refractivity contribution in [1.82, 2.24) is 4.90 Å². The Balaban J connectivity index is 1.60. The van der Waals surface area contributed by atoms with Crippen molar-refractivity contribution < 1.29 is 18.8 Å². The van der Waals surface area contributed by atoms with Crippen LogP contribution in [-0.2, 0) is 14.0 Å². The van der Waals surface area contributed by atoms with E-state index in [1.165, 1.54) is 0 Å². The van der Waals surface area contributed by atoms with Gasteiger partial charge in [-0.1, -0.05) is 13.3 Å². The van der Waals surface area contributed by atoms with E-state index < -0.39 is 0 Å². The lowest BCUT2D eigenvalue weighted by molar-refractivity contribution is 0.00578. The number of hydrogen-bond acceptors (Lipinski definition) is 4. The second kappa shape index (κ2) is 5.13. The Morgan fingerprint density at radius 1 is 1.27 bits per heavy atom. The maximum Gasteiger partial charge on any atom is 0.466 e. The van der Waals surface area contributed by atoms with E-state index in [0.29, 0.717) is 19.1 Å². The fourth-order valence-electron chi connectivity index (χ4n) is 3.50. The molecule has 6 heteroatoms. The molecule has 2 unspecified atom stereocenters. The number of nitrogens with zero attached hydrogens (tertiary/aromatic N) is 1. The molecule has 2 atom stereocenters. The van der Waals surface area contributed by atoms with Crippen LogP contribution in [0.1, 0.15) is 53.9 Å². The molecule has 22 heavy (non-hydrogen) atoms. The zero-order valence-electron chi connectivity index (χ0n) is 14.5. The van der Waals surface area contributed by atoms with Crippen LogP contribution in [0.5, 0.6) is 0 Å². The Hall–Kier alpha value is -0.745. The zero-order valence-corrected chi connectivity index (χ0v) is 14.5. The Kier molecular flexibility index (Phi) is 3.76. The molecule has 0 N–H and O–H groups in total. The first-order valence-corrected chi connectivity index (χ1v) is 8.49. The van der Waals surface area contributed by atoms with E-state index in [4.69, 9.17) is 14.0 Å². The maximum atomic E-state index is 12.1. The van der Waals surface area contributed by atoms with E-state index >= 15 is 0 Å². The number of rotatable bonds is 4. The number of piperidine rings is 1. The first-order valence-electron chi connectivity index (χ1n) is 8.49. The standard InChI is InChI=1S/C16H28BNO4/c1-6-7-8-20-13(19)18-10-12-9-16(12,11-18)17-21-14(2,3)15(4,5)22-17/h12H,6-11H2,1-5H3. The molecule has 3 aliphatic rings. The molecule has 0 spiro atoms. The van der Waals surface area contributed by atoms with Gasteiger partial charge in [0, 0.05) is 18.4 Å². The van der Waals surface area contributed by atoms with Crippen LogP contribution in [0.4, 0.5) is 4.79 Å². The molecule has 2 saturated heterocycles. The lowest BCUT2D eigenvalue weighted by Crippen LogP contribution is -2.41. The van der Waals surface area contributed by atoms with E-state index in [0.717, 1.165) is 25.8 Å². The third kappa shape index (κ3) is 2.44. The van der Waals surface area contributed by atoms with Crippen LogP contribution in [-0.4, -0.2) is 49.0 Å². The van der Waals surface area contributed by atoms with Gasteiger partial charge in [-0.3, -0.25) is 0 Å². The van der Waals surface area contributed by atoms with Gasteiger partial charge in [0.25, 0.3) is 0 Å². The van der Waals surface area contributed by atoms with Crippen LogP contribution in [0.2, 0.25) is 5.31 Å². The van der Waals surface area contributed by atoms with Gasteiger partial charge >= 0.3 is 13.2 Å². The number of carbonyl (C=O) groups excluding carboxylic acids is 1. The quantitative estimate of drug-likeness (QED) is 0.591. The van der Waals surface area contributed by atoms with E-state index in [2.05, 4.69) is 34.6 Å². The highest BCUT2D eigenvalue weighted by Crippen LogP contribution is 2.68. The zero-order chi connectivity index (χ0) is 16.2. The van der Waals surface area contributed by atoms with Gasteiger partial charge < -0.3 is 18.9 Å². The van der Waals surface area contributed by atoms with Crippen molar-refractivity contribution in [3.05, 3.63) is 0 Å². The first kappa shape index (κ1) is 16.1. The number of ether oxygens (including phenoxy) is 1. The molecule has 1 amide bonds. The number of amides is 1. The monoisotopic (exact) mass is 309 g/mol. The fraction of sp³-hybridized carbons (Fsp3) is 0.938. The normalized spacial score (nSPS) is 34.7. The van der Waals surface area contributed by atoms with Crippen LogP contribution in [0.25, 0.3) is 0 Å². The smallest absolute Gasteiger partial charge is 0.449 e. The van der Waals surface area contributed by atoms with Crippen molar-refractivity contribution in [2.75, 3.05) is 19.7 Å². The highest BCUT2D eigenvalue weighted by molar-refractivity contribution is 6.51. The van der Waals surface area contributed by atoms with E-state index in [1.807, 2.05) is 4.90 Å². The molecule has 124 valence electrons. The lowest BCUT2D eigenvalue weighted by Gasteiger charge is -2.32. The van der Waals surface area contributed by atoms with E-state index in [-0.39, 0.29) is 29.7 Å². The van der Waals surface area contributed by atoms with Crippen LogP contribution in [0.15, 0.2) is 0 Å². The third-order valence-corrected chi connectivity index (χ3v) is 5.91. The summed E-state index contributed by atoms with van der Waals surface area (Å²) in [4.78, 5) is 13.9. The van der Waals surface area contributed by atoms with Crippen molar-refractivity contribution in [2.24, 2.45) is 5.92 Å². The average molecular weight is 309 g/mol. The van der Waals surface area contributed by atoms with Gasteiger partial charge in [0.2, 0.25) is 0 Å². The van der Waals surface area contributed by atoms with Gasteiger partial charge in [-0.15, -0.1) is 0 Å². The number of likely N-dealkylation sites (tertiary alicyclic amines) is 1. The average Bonchev–Trinajstić information content (AvgIpc) is 2.90. The number of unbranched alkanes of at least 4 members (excludes halogenated alkanes) is 1. The molecule has 1 aliphatic carbocycles. The van der Waals surface area contributed by atoms with Crippen molar-refractivity contribution in [1.29, 1.82) is 0 Å². The summed E-state index contributed by atoms with van der Waals surface area (Å²) in [5, 5.41) is -0.0190. The SMILES string of the molecule is CCCCOC(=O)N1CC2CC2(B2OC(C)(C)C(C)(C)O2)C1. The minimum atomic E-state index is -0.311. The topological polar surface area (TPSA) is 48.0 Å². The second-order valence-corrected chi connectivity index (χ2v) is 8.07. The molecule has 0 bridgehead atoms. The molecule has 0 aromatic heterocycles. The predicted octanol–water partition coefficient (Wildman–Crippen LogP) is 3.09. The molecule has 0 radical (unpaired) electrons. The Morgan fingerprint density at radius 2 is 1.91 bits per heavy atom. The third-order valence-electron chi connectivity index (χ3n) is 5.91. The highest BCUT2D eigenvalue weighted by Gasteiger charge is 2.73. The summed E-state index contributed by atoms with van der Waals surface area (Å²) < 4.78 is 17.8. The van der Waals surface area contributed by atoms with E-state index in [1.54, 1.807) is 0 Å². The fourth-order valence-corrected chi connectivity index (χ4v) is 3.50. The number of hydrogen-bond donors (Lipinski definition) is 0. The van der Waals surface area contributed by atoms with Gasteiger partial charge in [0.1, 0.15) is 0 Å². The first-order chi connectivity index (χ1) is 10.2. The molecule has 3 rings (SSSR count). The second-order valence-electron chi connectivity index (χ2n) is 8.07. The number of carbonyl (C=O) groups is 1.